The first-order valence-electron chi connectivity index (χ1n) is 4.60. The summed E-state index contributed by atoms with van der Waals surface area (Å²) in [6, 6.07) is 8.21. The van der Waals surface area contributed by atoms with Crippen molar-refractivity contribution in [2.75, 3.05) is 0 Å². The summed E-state index contributed by atoms with van der Waals surface area (Å²) >= 11 is 11.4. The largest absolute Gasteiger partial charge is 0.478 e. The molecule has 17 heavy (non-hydrogen) atoms. The van der Waals surface area contributed by atoms with Crippen LogP contribution in [-0.4, -0.2) is 21.3 Å². The van der Waals surface area contributed by atoms with Crippen molar-refractivity contribution < 1.29 is 9.90 Å². The summed E-state index contributed by atoms with van der Waals surface area (Å²) in [5.41, 5.74) is 1.08. The van der Waals surface area contributed by atoms with Crippen molar-refractivity contribution >= 4 is 29.2 Å². The summed E-state index contributed by atoms with van der Waals surface area (Å²) in [5, 5.41) is 16.8. The van der Waals surface area contributed by atoms with Crippen molar-refractivity contribution in [3.8, 4) is 11.3 Å². The van der Waals surface area contributed by atoms with Gasteiger partial charge in [0.25, 0.3) is 0 Å². The number of carboxylic acids is 1. The van der Waals surface area contributed by atoms with Crippen LogP contribution in [-0.2, 0) is 0 Å². The summed E-state index contributed by atoms with van der Waals surface area (Å²) in [6.07, 6.45) is 0. The van der Waals surface area contributed by atoms with Gasteiger partial charge in [-0.1, -0.05) is 35.3 Å². The average Bonchev–Trinajstić information content (AvgIpc) is 2.30. The van der Waals surface area contributed by atoms with Gasteiger partial charge in [0.2, 0.25) is 0 Å². The zero-order chi connectivity index (χ0) is 12.4. The monoisotopic (exact) mass is 268 g/mol. The molecule has 0 saturated carbocycles. The van der Waals surface area contributed by atoms with Crippen LogP contribution in [0.25, 0.3) is 11.3 Å². The number of nitrogens with zero attached hydrogens (tertiary/aromatic N) is 2. The maximum absolute atomic E-state index is 10.9. The van der Waals surface area contributed by atoms with Gasteiger partial charge in [0.05, 0.1) is 5.69 Å². The fraction of sp³-hybridized carbons (Fsp3) is 0. The van der Waals surface area contributed by atoms with Crippen LogP contribution in [0.3, 0.4) is 0 Å². The number of carboxylic acid groups (broad SMARTS) is 1. The fourth-order valence-electron chi connectivity index (χ4n) is 1.29. The summed E-state index contributed by atoms with van der Waals surface area (Å²) in [5.74, 6) is -1.14. The molecule has 1 N–H and O–H groups in total. The van der Waals surface area contributed by atoms with Crippen LogP contribution < -0.4 is 0 Å². The lowest BCUT2D eigenvalue weighted by molar-refractivity contribution is 0.0696. The molecule has 1 aromatic carbocycles. The number of halogens is 2. The summed E-state index contributed by atoms with van der Waals surface area (Å²) in [4.78, 5) is 10.9. The molecule has 0 bridgehead atoms. The maximum Gasteiger partial charge on any atom is 0.338 e. The molecule has 1 heterocycles. The molecule has 0 amide bonds. The van der Waals surface area contributed by atoms with E-state index in [1.165, 1.54) is 6.07 Å². The van der Waals surface area contributed by atoms with Crippen LogP contribution >= 0.6 is 23.2 Å². The normalized spacial score (nSPS) is 10.2. The van der Waals surface area contributed by atoms with E-state index >= 15 is 0 Å². The van der Waals surface area contributed by atoms with Crippen molar-refractivity contribution in [3.63, 3.8) is 0 Å². The molecule has 0 radical (unpaired) electrons. The predicted octanol–water partition coefficient (Wildman–Crippen LogP) is 3.15. The Morgan fingerprint density at radius 3 is 2.35 bits per heavy atom. The molecule has 2 aromatic rings. The Kier molecular flexibility index (Phi) is 3.26. The standard InChI is InChI=1S/C11H6Cl2N2O2/c12-7-3-1-6(2-4-7)9-5-8(11(16)17)10(13)15-14-9/h1-5H,(H,16,17). The third-order valence-corrected chi connectivity index (χ3v) is 2.65. The quantitative estimate of drug-likeness (QED) is 0.909. The Labute approximate surface area is 107 Å². The maximum atomic E-state index is 10.9. The van der Waals surface area contributed by atoms with Crippen molar-refractivity contribution in [1.82, 2.24) is 10.2 Å². The van der Waals surface area contributed by atoms with E-state index in [1.54, 1.807) is 24.3 Å². The van der Waals surface area contributed by atoms with E-state index in [4.69, 9.17) is 28.3 Å². The van der Waals surface area contributed by atoms with E-state index in [2.05, 4.69) is 10.2 Å². The van der Waals surface area contributed by atoms with Gasteiger partial charge in [-0.05, 0) is 18.2 Å². The van der Waals surface area contributed by atoms with E-state index in [-0.39, 0.29) is 10.7 Å². The van der Waals surface area contributed by atoms with Crippen molar-refractivity contribution in [2.45, 2.75) is 0 Å². The van der Waals surface area contributed by atoms with Gasteiger partial charge in [-0.2, -0.15) is 0 Å². The first-order chi connectivity index (χ1) is 8.08. The Balaban J connectivity index is 2.50. The second-order valence-electron chi connectivity index (χ2n) is 3.25. The highest BCUT2D eigenvalue weighted by molar-refractivity contribution is 6.32. The van der Waals surface area contributed by atoms with Gasteiger partial charge in [0, 0.05) is 10.6 Å². The van der Waals surface area contributed by atoms with Gasteiger partial charge in [-0.3, -0.25) is 0 Å². The molecule has 0 spiro atoms. The molecule has 2 rings (SSSR count). The van der Waals surface area contributed by atoms with Crippen LogP contribution in [0.5, 0.6) is 0 Å². The highest BCUT2D eigenvalue weighted by Gasteiger charge is 2.12. The molecule has 0 aliphatic carbocycles. The zero-order valence-electron chi connectivity index (χ0n) is 8.39. The number of carbonyl (C=O) groups is 1. The second kappa shape index (κ2) is 4.69. The van der Waals surface area contributed by atoms with Crippen LogP contribution in [0.1, 0.15) is 10.4 Å². The molecule has 6 heteroatoms. The molecular formula is C11H6Cl2N2O2. The van der Waals surface area contributed by atoms with E-state index < -0.39 is 5.97 Å². The van der Waals surface area contributed by atoms with E-state index in [0.29, 0.717) is 10.7 Å². The third kappa shape index (κ3) is 2.54. The van der Waals surface area contributed by atoms with Crippen LogP contribution in [0.15, 0.2) is 30.3 Å². The fourth-order valence-corrected chi connectivity index (χ4v) is 1.59. The topological polar surface area (TPSA) is 63.1 Å². The third-order valence-electron chi connectivity index (χ3n) is 2.12. The molecule has 0 aliphatic rings. The van der Waals surface area contributed by atoms with E-state index in [0.717, 1.165) is 5.56 Å². The van der Waals surface area contributed by atoms with Gasteiger partial charge in [0.1, 0.15) is 5.56 Å². The smallest absolute Gasteiger partial charge is 0.338 e. The van der Waals surface area contributed by atoms with Gasteiger partial charge in [-0.25, -0.2) is 4.79 Å². The van der Waals surface area contributed by atoms with Gasteiger partial charge >= 0.3 is 5.97 Å². The Hall–Kier alpha value is -1.65. The van der Waals surface area contributed by atoms with Gasteiger partial charge in [-0.15, -0.1) is 10.2 Å². The zero-order valence-corrected chi connectivity index (χ0v) is 9.90. The number of aromatic carboxylic acids is 1. The van der Waals surface area contributed by atoms with Crippen LogP contribution in [0.2, 0.25) is 10.2 Å². The Bertz CT molecular complexity index is 570. The van der Waals surface area contributed by atoms with E-state index in [9.17, 15) is 4.79 Å². The van der Waals surface area contributed by atoms with Crippen LogP contribution in [0.4, 0.5) is 0 Å². The molecular weight excluding hydrogens is 263 g/mol. The minimum atomic E-state index is -1.14. The minimum absolute atomic E-state index is 0.0772. The molecule has 0 aliphatic heterocycles. The SMILES string of the molecule is O=C(O)c1cc(-c2ccc(Cl)cc2)nnc1Cl. The Morgan fingerprint density at radius 1 is 1.12 bits per heavy atom. The van der Waals surface area contributed by atoms with Gasteiger partial charge < -0.3 is 5.11 Å². The van der Waals surface area contributed by atoms with Gasteiger partial charge in [0.15, 0.2) is 5.15 Å². The Morgan fingerprint density at radius 2 is 1.76 bits per heavy atom. The molecule has 86 valence electrons. The molecule has 0 atom stereocenters. The summed E-state index contributed by atoms with van der Waals surface area (Å²) in [7, 11) is 0. The highest BCUT2D eigenvalue weighted by Crippen LogP contribution is 2.22. The summed E-state index contributed by atoms with van der Waals surface area (Å²) in [6.45, 7) is 0. The molecule has 0 unspecified atom stereocenters. The lowest BCUT2D eigenvalue weighted by Gasteiger charge is -2.02. The number of hydrogen-bond acceptors (Lipinski definition) is 3. The molecule has 4 nitrogen and oxygen atoms in total. The number of aromatic nitrogens is 2. The first-order valence-corrected chi connectivity index (χ1v) is 5.36. The number of benzene rings is 1. The van der Waals surface area contributed by atoms with E-state index in [1.807, 2.05) is 0 Å². The predicted molar refractivity (Wildman–Crippen MR) is 64.4 cm³/mol. The lowest BCUT2D eigenvalue weighted by atomic mass is 10.1. The minimum Gasteiger partial charge on any atom is -0.478 e. The first kappa shape index (κ1) is 11.8. The number of rotatable bonds is 2. The molecule has 0 fully saturated rings. The van der Waals surface area contributed by atoms with Crippen molar-refractivity contribution in [1.29, 1.82) is 0 Å². The van der Waals surface area contributed by atoms with Crippen LogP contribution in [0, 0.1) is 0 Å². The van der Waals surface area contributed by atoms with Crippen molar-refractivity contribution in [2.24, 2.45) is 0 Å². The average molecular weight is 269 g/mol. The highest BCUT2D eigenvalue weighted by atomic mass is 35.5. The second-order valence-corrected chi connectivity index (χ2v) is 4.04. The van der Waals surface area contributed by atoms with Crippen molar-refractivity contribution in [3.05, 3.63) is 46.1 Å². The molecule has 1 aromatic heterocycles. The lowest BCUT2D eigenvalue weighted by Crippen LogP contribution is -2.01. The molecule has 0 saturated heterocycles. The summed E-state index contributed by atoms with van der Waals surface area (Å²) < 4.78 is 0. The number of hydrogen-bond donors (Lipinski definition) is 1.